The minimum Gasteiger partial charge on any atom is -0.488 e. The Balaban J connectivity index is 1.85. The molecule has 4 nitrogen and oxygen atoms in total. The zero-order valence-corrected chi connectivity index (χ0v) is 12.7. The van der Waals surface area contributed by atoms with E-state index in [4.69, 9.17) is 9.47 Å². The van der Waals surface area contributed by atoms with Crippen molar-refractivity contribution in [2.75, 3.05) is 6.54 Å². The van der Waals surface area contributed by atoms with Crippen LogP contribution in [-0.4, -0.2) is 24.3 Å². The third-order valence-corrected chi connectivity index (χ3v) is 3.12. The van der Waals surface area contributed by atoms with E-state index in [1.807, 2.05) is 32.9 Å². The fourth-order valence-electron chi connectivity index (χ4n) is 2.23. The minimum absolute atomic E-state index is 0.0118. The Morgan fingerprint density at radius 3 is 2.90 bits per heavy atom. The van der Waals surface area contributed by atoms with Crippen LogP contribution < -0.4 is 10.1 Å². The van der Waals surface area contributed by atoms with Crippen LogP contribution in [-0.2, 0) is 11.2 Å². The van der Waals surface area contributed by atoms with E-state index in [0.29, 0.717) is 6.54 Å². The highest BCUT2D eigenvalue weighted by Crippen LogP contribution is 2.28. The lowest BCUT2D eigenvalue weighted by molar-refractivity contribution is 0.0494. The Labute approximate surface area is 120 Å². The Bertz CT molecular complexity index is 491. The first-order valence-corrected chi connectivity index (χ1v) is 7.06. The maximum atomic E-state index is 11.6. The molecular formula is C16H23NO3. The van der Waals surface area contributed by atoms with Gasteiger partial charge in [-0.05, 0) is 52.2 Å². The van der Waals surface area contributed by atoms with Gasteiger partial charge in [0.2, 0.25) is 0 Å². The number of carbonyl (C=O) groups is 1. The topological polar surface area (TPSA) is 47.6 Å². The average molecular weight is 277 g/mol. The van der Waals surface area contributed by atoms with E-state index in [2.05, 4.69) is 18.3 Å². The molecule has 2 rings (SSSR count). The van der Waals surface area contributed by atoms with Crippen molar-refractivity contribution in [3.8, 4) is 5.75 Å². The first-order valence-electron chi connectivity index (χ1n) is 7.06. The summed E-state index contributed by atoms with van der Waals surface area (Å²) < 4.78 is 11.1. The van der Waals surface area contributed by atoms with Gasteiger partial charge in [-0.1, -0.05) is 17.7 Å². The molecule has 1 aromatic rings. The van der Waals surface area contributed by atoms with Crippen molar-refractivity contribution in [3.63, 3.8) is 0 Å². The SMILES string of the molecule is Cc1ccc2c(c1)CCC(CNC(=O)OC(C)(C)C)O2. The molecule has 20 heavy (non-hydrogen) atoms. The molecule has 1 aromatic carbocycles. The fraction of sp³-hybridized carbons (Fsp3) is 0.562. The summed E-state index contributed by atoms with van der Waals surface area (Å²) in [6.07, 6.45) is 1.51. The number of hydrogen-bond donors (Lipinski definition) is 1. The summed E-state index contributed by atoms with van der Waals surface area (Å²) in [6, 6.07) is 6.21. The quantitative estimate of drug-likeness (QED) is 0.903. The highest BCUT2D eigenvalue weighted by Gasteiger charge is 2.22. The van der Waals surface area contributed by atoms with E-state index in [0.717, 1.165) is 18.6 Å². The minimum atomic E-state index is -0.471. The second kappa shape index (κ2) is 5.73. The summed E-state index contributed by atoms with van der Waals surface area (Å²) in [4.78, 5) is 11.6. The van der Waals surface area contributed by atoms with Crippen LogP contribution >= 0.6 is 0 Å². The summed E-state index contributed by atoms with van der Waals surface area (Å²) in [5, 5.41) is 2.76. The lowest BCUT2D eigenvalue weighted by Crippen LogP contribution is -2.40. The van der Waals surface area contributed by atoms with Gasteiger partial charge in [0.15, 0.2) is 0 Å². The van der Waals surface area contributed by atoms with Crippen molar-refractivity contribution < 1.29 is 14.3 Å². The lowest BCUT2D eigenvalue weighted by atomic mass is 10.0. The number of hydrogen-bond acceptors (Lipinski definition) is 3. The summed E-state index contributed by atoms with van der Waals surface area (Å²) in [5.74, 6) is 0.929. The molecule has 1 N–H and O–H groups in total. The number of alkyl carbamates (subject to hydrolysis) is 1. The van der Waals surface area contributed by atoms with E-state index in [1.54, 1.807) is 0 Å². The molecule has 0 radical (unpaired) electrons. The molecule has 1 aliphatic rings. The van der Waals surface area contributed by atoms with Gasteiger partial charge in [0.25, 0.3) is 0 Å². The van der Waals surface area contributed by atoms with Crippen LogP contribution in [0.15, 0.2) is 18.2 Å². The van der Waals surface area contributed by atoms with Crippen molar-refractivity contribution in [1.82, 2.24) is 5.32 Å². The maximum Gasteiger partial charge on any atom is 0.407 e. The Kier molecular flexibility index (Phi) is 4.21. The van der Waals surface area contributed by atoms with Gasteiger partial charge in [0.1, 0.15) is 17.5 Å². The molecule has 0 fully saturated rings. The molecule has 0 spiro atoms. The molecule has 0 saturated carbocycles. The highest BCUT2D eigenvalue weighted by atomic mass is 16.6. The smallest absolute Gasteiger partial charge is 0.407 e. The van der Waals surface area contributed by atoms with Crippen molar-refractivity contribution in [2.24, 2.45) is 0 Å². The number of aryl methyl sites for hydroxylation is 2. The number of carbonyl (C=O) groups excluding carboxylic acids is 1. The summed E-state index contributed by atoms with van der Waals surface area (Å²) in [5.41, 5.74) is 2.03. The van der Waals surface area contributed by atoms with Crippen molar-refractivity contribution in [3.05, 3.63) is 29.3 Å². The normalized spacial score (nSPS) is 17.9. The Hall–Kier alpha value is -1.71. The van der Waals surface area contributed by atoms with Gasteiger partial charge < -0.3 is 14.8 Å². The lowest BCUT2D eigenvalue weighted by Gasteiger charge is -2.27. The molecule has 0 saturated heterocycles. The molecule has 1 amide bonds. The average Bonchev–Trinajstić information content (AvgIpc) is 2.34. The van der Waals surface area contributed by atoms with Crippen LogP contribution in [0, 0.1) is 6.92 Å². The maximum absolute atomic E-state index is 11.6. The zero-order valence-electron chi connectivity index (χ0n) is 12.7. The first-order chi connectivity index (χ1) is 9.33. The first kappa shape index (κ1) is 14.7. The fourth-order valence-corrected chi connectivity index (χ4v) is 2.23. The van der Waals surface area contributed by atoms with E-state index in [1.165, 1.54) is 11.1 Å². The third-order valence-electron chi connectivity index (χ3n) is 3.12. The van der Waals surface area contributed by atoms with Gasteiger partial charge >= 0.3 is 6.09 Å². The predicted molar refractivity (Wildman–Crippen MR) is 78.2 cm³/mol. The van der Waals surface area contributed by atoms with Gasteiger partial charge in [-0.15, -0.1) is 0 Å². The van der Waals surface area contributed by atoms with E-state index >= 15 is 0 Å². The summed E-state index contributed by atoms with van der Waals surface area (Å²) in [6.45, 7) is 8.10. The number of nitrogens with one attached hydrogen (secondary N) is 1. The highest BCUT2D eigenvalue weighted by molar-refractivity contribution is 5.67. The number of amides is 1. The summed E-state index contributed by atoms with van der Waals surface area (Å²) >= 11 is 0. The third kappa shape index (κ3) is 4.15. The van der Waals surface area contributed by atoms with E-state index < -0.39 is 11.7 Å². The van der Waals surface area contributed by atoms with Crippen molar-refractivity contribution >= 4 is 6.09 Å². The number of ether oxygens (including phenoxy) is 2. The molecule has 0 aliphatic carbocycles. The predicted octanol–water partition coefficient (Wildman–Crippen LogP) is 3.21. The van der Waals surface area contributed by atoms with Crippen LogP contribution in [0.25, 0.3) is 0 Å². The number of fused-ring (bicyclic) bond motifs is 1. The van der Waals surface area contributed by atoms with E-state index in [9.17, 15) is 4.79 Å². The van der Waals surface area contributed by atoms with Gasteiger partial charge in [0, 0.05) is 0 Å². The van der Waals surface area contributed by atoms with Crippen LogP contribution in [0.4, 0.5) is 4.79 Å². The molecular weight excluding hydrogens is 254 g/mol. The second-order valence-electron chi connectivity index (χ2n) is 6.27. The second-order valence-corrected chi connectivity index (χ2v) is 6.27. The molecule has 0 bridgehead atoms. The van der Waals surface area contributed by atoms with Gasteiger partial charge in [-0.2, -0.15) is 0 Å². The van der Waals surface area contributed by atoms with E-state index in [-0.39, 0.29) is 6.10 Å². The molecule has 1 aliphatic heterocycles. The van der Waals surface area contributed by atoms with Crippen molar-refractivity contribution in [2.45, 2.75) is 52.2 Å². The standard InChI is InChI=1S/C16H23NO3/c1-11-5-8-14-12(9-11)6-7-13(19-14)10-17-15(18)20-16(2,3)4/h5,8-9,13H,6-7,10H2,1-4H3,(H,17,18). The molecule has 4 heteroatoms. The van der Waals surface area contributed by atoms with Crippen LogP contribution in [0.5, 0.6) is 5.75 Å². The molecule has 110 valence electrons. The molecule has 0 aromatic heterocycles. The molecule has 1 atom stereocenters. The Morgan fingerprint density at radius 2 is 2.20 bits per heavy atom. The van der Waals surface area contributed by atoms with Crippen LogP contribution in [0.1, 0.15) is 38.3 Å². The molecule has 1 heterocycles. The summed E-state index contributed by atoms with van der Waals surface area (Å²) in [7, 11) is 0. The Morgan fingerprint density at radius 1 is 1.45 bits per heavy atom. The van der Waals surface area contributed by atoms with Crippen LogP contribution in [0.3, 0.4) is 0 Å². The zero-order chi connectivity index (χ0) is 14.8. The number of benzene rings is 1. The van der Waals surface area contributed by atoms with Gasteiger partial charge in [0.05, 0.1) is 6.54 Å². The monoisotopic (exact) mass is 277 g/mol. The van der Waals surface area contributed by atoms with Crippen molar-refractivity contribution in [1.29, 1.82) is 0 Å². The van der Waals surface area contributed by atoms with Crippen LogP contribution in [0.2, 0.25) is 0 Å². The van der Waals surface area contributed by atoms with Gasteiger partial charge in [-0.25, -0.2) is 4.79 Å². The largest absolute Gasteiger partial charge is 0.488 e. The van der Waals surface area contributed by atoms with Gasteiger partial charge in [-0.3, -0.25) is 0 Å². The number of rotatable bonds is 2. The molecule has 1 unspecified atom stereocenters.